The first-order valence-corrected chi connectivity index (χ1v) is 9.00. The molecule has 1 fully saturated rings. The second-order valence-corrected chi connectivity index (χ2v) is 7.05. The van der Waals surface area contributed by atoms with Crippen LogP contribution < -0.4 is 0 Å². The van der Waals surface area contributed by atoms with Crippen molar-refractivity contribution >= 4 is 23.4 Å². The van der Waals surface area contributed by atoms with Crippen molar-refractivity contribution in [3.8, 4) is 0 Å². The largest absolute Gasteiger partial charge is 0.377 e. The lowest BCUT2D eigenvalue weighted by atomic mass is 9.99. The van der Waals surface area contributed by atoms with Crippen molar-refractivity contribution in [2.45, 2.75) is 29.8 Å². The number of rotatable bonds is 5. The molecule has 1 aromatic carbocycles. The Morgan fingerprint density at radius 2 is 2.05 bits per heavy atom. The molecular weight excluding hydrogens is 290 g/mol. The molecule has 110 valence electrons. The van der Waals surface area contributed by atoms with Gasteiger partial charge in [-0.25, -0.2) is 0 Å². The Balaban J connectivity index is 1.49. The summed E-state index contributed by atoms with van der Waals surface area (Å²) in [6.45, 7) is 4.22. The summed E-state index contributed by atoms with van der Waals surface area (Å²) in [4.78, 5) is 4.09. The average Bonchev–Trinajstić information content (AvgIpc) is 2.90. The Hall–Kier alpha value is -0.220. The molecule has 1 atom stereocenters. The third kappa shape index (κ3) is 3.51. The second-order valence-electron chi connectivity index (χ2n) is 5.61. The molecule has 0 amide bonds. The van der Waals surface area contributed by atoms with Gasteiger partial charge in [-0.3, -0.25) is 0 Å². The van der Waals surface area contributed by atoms with Crippen LogP contribution in [0, 0.1) is 0 Å². The summed E-state index contributed by atoms with van der Waals surface area (Å²) in [6, 6.07) is 8.88. The summed E-state index contributed by atoms with van der Waals surface area (Å²) in [5.41, 5.74) is 1.55. The number of piperidine rings is 1. The van der Waals surface area contributed by atoms with Gasteiger partial charge < -0.3 is 9.64 Å². The van der Waals surface area contributed by atoms with Gasteiger partial charge in [-0.15, -0.1) is 23.4 Å². The topological polar surface area (TPSA) is 12.5 Å². The van der Waals surface area contributed by atoms with Crippen LogP contribution in [0.15, 0.2) is 29.2 Å². The van der Waals surface area contributed by atoms with Crippen LogP contribution >= 0.6 is 23.4 Å². The van der Waals surface area contributed by atoms with E-state index in [-0.39, 0.29) is 0 Å². The number of hydrogen-bond acceptors (Lipinski definition) is 3. The number of nitrogens with zero attached hydrogens (tertiary/aromatic N) is 1. The van der Waals surface area contributed by atoms with Gasteiger partial charge in [0, 0.05) is 42.1 Å². The van der Waals surface area contributed by atoms with Crippen LogP contribution in [0.5, 0.6) is 0 Å². The Bertz CT molecular complexity index is 434. The van der Waals surface area contributed by atoms with Gasteiger partial charge in [0.25, 0.3) is 0 Å². The number of thioether (sulfide) groups is 1. The first-order valence-electron chi connectivity index (χ1n) is 7.48. The molecule has 4 heteroatoms. The minimum absolute atomic E-state index is 0.426. The van der Waals surface area contributed by atoms with Gasteiger partial charge in [-0.1, -0.05) is 18.2 Å². The SMILES string of the molecule is ClCCOC1CCN(CC2CSc3ccccc32)CC1. The van der Waals surface area contributed by atoms with E-state index >= 15 is 0 Å². The molecule has 0 aliphatic carbocycles. The first kappa shape index (κ1) is 14.7. The molecular formula is C16H22ClNOS. The van der Waals surface area contributed by atoms with E-state index in [2.05, 4.69) is 29.2 Å². The first-order chi connectivity index (χ1) is 9.86. The van der Waals surface area contributed by atoms with Gasteiger partial charge in [-0.05, 0) is 24.5 Å². The normalized spacial score (nSPS) is 23.9. The number of alkyl halides is 1. The summed E-state index contributed by atoms with van der Waals surface area (Å²) in [5, 5.41) is 0. The van der Waals surface area contributed by atoms with Crippen LogP contribution in [0.4, 0.5) is 0 Å². The van der Waals surface area contributed by atoms with Crippen molar-refractivity contribution in [3.63, 3.8) is 0 Å². The summed E-state index contributed by atoms with van der Waals surface area (Å²) in [7, 11) is 0. The molecule has 3 rings (SSSR count). The van der Waals surface area contributed by atoms with Gasteiger partial charge in [0.2, 0.25) is 0 Å². The van der Waals surface area contributed by atoms with Crippen LogP contribution in [-0.2, 0) is 4.74 Å². The summed E-state index contributed by atoms with van der Waals surface area (Å²) in [6.07, 6.45) is 2.73. The quantitative estimate of drug-likeness (QED) is 0.771. The molecule has 2 nitrogen and oxygen atoms in total. The van der Waals surface area contributed by atoms with Crippen molar-refractivity contribution in [3.05, 3.63) is 29.8 Å². The monoisotopic (exact) mass is 311 g/mol. The second kappa shape index (κ2) is 7.17. The molecule has 1 unspecified atom stereocenters. The summed E-state index contributed by atoms with van der Waals surface area (Å²) >= 11 is 7.68. The molecule has 0 saturated carbocycles. The highest BCUT2D eigenvalue weighted by Gasteiger charge is 2.27. The highest BCUT2D eigenvalue weighted by Crippen LogP contribution is 2.39. The van der Waals surface area contributed by atoms with Gasteiger partial charge >= 0.3 is 0 Å². The van der Waals surface area contributed by atoms with Crippen LogP contribution in [0.2, 0.25) is 0 Å². The van der Waals surface area contributed by atoms with Crippen molar-refractivity contribution < 1.29 is 4.74 Å². The number of hydrogen-bond donors (Lipinski definition) is 0. The maximum absolute atomic E-state index is 5.74. The number of fused-ring (bicyclic) bond motifs is 1. The van der Waals surface area contributed by atoms with Gasteiger partial charge in [0.15, 0.2) is 0 Å². The molecule has 0 aromatic heterocycles. The van der Waals surface area contributed by atoms with Crippen LogP contribution in [0.25, 0.3) is 0 Å². The van der Waals surface area contributed by atoms with E-state index in [0.29, 0.717) is 24.5 Å². The fraction of sp³-hybridized carbons (Fsp3) is 0.625. The Kier molecular flexibility index (Phi) is 5.27. The zero-order valence-electron chi connectivity index (χ0n) is 11.8. The van der Waals surface area contributed by atoms with Crippen LogP contribution in [-0.4, -0.2) is 48.9 Å². The molecule has 0 N–H and O–H groups in total. The van der Waals surface area contributed by atoms with Crippen molar-refractivity contribution in [1.29, 1.82) is 0 Å². The zero-order chi connectivity index (χ0) is 13.8. The molecule has 20 heavy (non-hydrogen) atoms. The highest BCUT2D eigenvalue weighted by molar-refractivity contribution is 7.99. The minimum Gasteiger partial charge on any atom is -0.377 e. The fourth-order valence-electron chi connectivity index (χ4n) is 3.16. The lowest BCUT2D eigenvalue weighted by Crippen LogP contribution is -2.39. The maximum Gasteiger partial charge on any atom is 0.0605 e. The molecule has 2 aliphatic rings. The fourth-order valence-corrected chi connectivity index (χ4v) is 4.49. The van der Waals surface area contributed by atoms with Gasteiger partial charge in [0.1, 0.15) is 0 Å². The van der Waals surface area contributed by atoms with E-state index in [1.165, 1.54) is 17.2 Å². The molecule has 1 aromatic rings. The molecule has 0 radical (unpaired) electrons. The molecule has 0 bridgehead atoms. The van der Waals surface area contributed by atoms with E-state index in [0.717, 1.165) is 25.9 Å². The number of benzene rings is 1. The summed E-state index contributed by atoms with van der Waals surface area (Å²) < 4.78 is 5.74. The predicted molar refractivity (Wildman–Crippen MR) is 86.0 cm³/mol. The Morgan fingerprint density at radius 1 is 1.25 bits per heavy atom. The molecule has 0 spiro atoms. The Morgan fingerprint density at radius 3 is 2.85 bits per heavy atom. The van der Waals surface area contributed by atoms with Gasteiger partial charge in [0.05, 0.1) is 12.7 Å². The van der Waals surface area contributed by atoms with Crippen LogP contribution in [0.3, 0.4) is 0 Å². The van der Waals surface area contributed by atoms with E-state index in [4.69, 9.17) is 16.3 Å². The summed E-state index contributed by atoms with van der Waals surface area (Å²) in [5.74, 6) is 2.55. The molecule has 2 aliphatic heterocycles. The molecule has 2 heterocycles. The van der Waals surface area contributed by atoms with E-state index in [1.54, 1.807) is 5.56 Å². The number of halogens is 1. The Labute approximate surface area is 130 Å². The van der Waals surface area contributed by atoms with Crippen molar-refractivity contribution in [2.75, 3.05) is 37.9 Å². The third-order valence-electron chi connectivity index (χ3n) is 4.24. The molecule has 1 saturated heterocycles. The smallest absolute Gasteiger partial charge is 0.0605 e. The standard InChI is InChI=1S/C16H22ClNOS/c17-7-10-19-14-5-8-18(9-6-14)11-13-12-20-16-4-2-1-3-15(13)16/h1-4,13-14H,5-12H2. The van der Waals surface area contributed by atoms with Crippen molar-refractivity contribution in [2.24, 2.45) is 0 Å². The zero-order valence-corrected chi connectivity index (χ0v) is 13.3. The predicted octanol–water partition coefficient (Wildman–Crippen LogP) is 3.60. The average molecular weight is 312 g/mol. The van der Waals surface area contributed by atoms with Crippen molar-refractivity contribution in [1.82, 2.24) is 4.90 Å². The maximum atomic E-state index is 5.74. The van der Waals surface area contributed by atoms with E-state index in [9.17, 15) is 0 Å². The van der Waals surface area contributed by atoms with Gasteiger partial charge in [-0.2, -0.15) is 0 Å². The minimum atomic E-state index is 0.426. The van der Waals surface area contributed by atoms with Crippen LogP contribution in [0.1, 0.15) is 24.3 Å². The highest BCUT2D eigenvalue weighted by atomic mass is 35.5. The van der Waals surface area contributed by atoms with E-state index < -0.39 is 0 Å². The lowest BCUT2D eigenvalue weighted by Gasteiger charge is -2.33. The lowest BCUT2D eigenvalue weighted by molar-refractivity contribution is 0.0144. The number of ether oxygens (including phenoxy) is 1. The third-order valence-corrected chi connectivity index (χ3v) is 5.65. The number of likely N-dealkylation sites (tertiary alicyclic amines) is 1. The van der Waals surface area contributed by atoms with E-state index in [1.807, 2.05) is 11.8 Å².